The maximum Gasteiger partial charge on any atom is 0.326 e. The highest BCUT2D eigenvalue weighted by Gasteiger charge is 2.22. The molecule has 0 saturated carbocycles. The number of hydrogen-bond donors (Lipinski definition) is 2. The number of amides is 1. The van der Waals surface area contributed by atoms with Crippen molar-refractivity contribution in [2.45, 2.75) is 12.5 Å². The standard InChI is InChI=1S/C16H13Cl2NO3/c17-12-7-5-10(6-8-12)15(20)19-14(16(21)22)9-11-3-1-2-4-13(11)18/h1-8,14H,9H2,(H,19,20)(H,21,22)/t14-/m1/s1. The Labute approximate surface area is 137 Å². The number of hydrogen-bond acceptors (Lipinski definition) is 2. The minimum absolute atomic E-state index is 0.105. The maximum atomic E-state index is 12.1. The van der Waals surface area contributed by atoms with Gasteiger partial charge in [0.15, 0.2) is 0 Å². The van der Waals surface area contributed by atoms with E-state index in [2.05, 4.69) is 5.32 Å². The number of benzene rings is 2. The normalized spacial score (nSPS) is 11.7. The molecular formula is C16H13Cl2NO3. The van der Waals surface area contributed by atoms with Gasteiger partial charge in [-0.25, -0.2) is 4.79 Å². The van der Waals surface area contributed by atoms with E-state index in [4.69, 9.17) is 23.2 Å². The van der Waals surface area contributed by atoms with Crippen LogP contribution in [0.3, 0.4) is 0 Å². The van der Waals surface area contributed by atoms with Crippen molar-refractivity contribution in [1.82, 2.24) is 5.32 Å². The second kappa shape index (κ2) is 7.29. The first-order valence-corrected chi connectivity index (χ1v) is 7.25. The molecule has 2 aromatic carbocycles. The molecule has 0 aliphatic rings. The van der Waals surface area contributed by atoms with Gasteiger partial charge in [-0.2, -0.15) is 0 Å². The summed E-state index contributed by atoms with van der Waals surface area (Å²) in [7, 11) is 0. The lowest BCUT2D eigenvalue weighted by Crippen LogP contribution is -2.42. The van der Waals surface area contributed by atoms with Gasteiger partial charge < -0.3 is 10.4 Å². The summed E-state index contributed by atoms with van der Waals surface area (Å²) in [6.45, 7) is 0. The summed E-state index contributed by atoms with van der Waals surface area (Å²) in [6, 6.07) is 12.1. The molecule has 0 unspecified atom stereocenters. The molecule has 114 valence electrons. The molecule has 6 heteroatoms. The topological polar surface area (TPSA) is 66.4 Å². The van der Waals surface area contributed by atoms with Gasteiger partial charge in [0.1, 0.15) is 6.04 Å². The fraction of sp³-hybridized carbons (Fsp3) is 0.125. The van der Waals surface area contributed by atoms with Gasteiger partial charge in [0.05, 0.1) is 0 Å². The van der Waals surface area contributed by atoms with Crippen LogP contribution in [-0.2, 0) is 11.2 Å². The Morgan fingerprint density at radius 2 is 1.68 bits per heavy atom. The number of carbonyl (C=O) groups is 2. The van der Waals surface area contributed by atoms with Crippen LogP contribution >= 0.6 is 23.2 Å². The number of nitrogens with one attached hydrogen (secondary N) is 1. The molecule has 0 aliphatic carbocycles. The Morgan fingerprint density at radius 3 is 2.27 bits per heavy atom. The average molecular weight is 338 g/mol. The summed E-state index contributed by atoms with van der Waals surface area (Å²) in [5.74, 6) is -1.60. The molecule has 1 amide bonds. The second-order valence-electron chi connectivity index (χ2n) is 4.67. The van der Waals surface area contributed by atoms with Gasteiger partial charge in [-0.3, -0.25) is 4.79 Å². The van der Waals surface area contributed by atoms with Crippen LogP contribution in [-0.4, -0.2) is 23.0 Å². The van der Waals surface area contributed by atoms with E-state index in [0.717, 1.165) is 0 Å². The van der Waals surface area contributed by atoms with Crippen LogP contribution in [0.15, 0.2) is 48.5 Å². The van der Waals surface area contributed by atoms with Gasteiger partial charge in [-0.1, -0.05) is 41.4 Å². The van der Waals surface area contributed by atoms with Crippen molar-refractivity contribution >= 4 is 35.1 Å². The lowest BCUT2D eigenvalue weighted by Gasteiger charge is -2.15. The summed E-state index contributed by atoms with van der Waals surface area (Å²) in [5.41, 5.74) is 1.00. The Balaban J connectivity index is 2.12. The summed E-state index contributed by atoms with van der Waals surface area (Å²) in [6.07, 6.45) is 0.105. The molecule has 0 aliphatic heterocycles. The molecule has 0 radical (unpaired) electrons. The predicted octanol–water partition coefficient (Wildman–Crippen LogP) is 3.42. The number of halogens is 2. The van der Waals surface area contributed by atoms with Crippen LogP contribution < -0.4 is 5.32 Å². The second-order valence-corrected chi connectivity index (χ2v) is 5.51. The Kier molecular flexibility index (Phi) is 5.41. The zero-order chi connectivity index (χ0) is 16.1. The molecule has 1 atom stereocenters. The van der Waals surface area contributed by atoms with Crippen molar-refractivity contribution in [3.8, 4) is 0 Å². The Morgan fingerprint density at radius 1 is 1.05 bits per heavy atom. The van der Waals surface area contributed by atoms with Crippen LogP contribution in [0.1, 0.15) is 15.9 Å². The Bertz CT molecular complexity index is 686. The van der Waals surface area contributed by atoms with Crippen LogP contribution in [0.2, 0.25) is 10.0 Å². The van der Waals surface area contributed by atoms with Crippen LogP contribution in [0.5, 0.6) is 0 Å². The van der Waals surface area contributed by atoms with Gasteiger partial charge in [0.25, 0.3) is 5.91 Å². The number of carboxylic acids is 1. The van der Waals surface area contributed by atoms with Gasteiger partial charge in [0.2, 0.25) is 0 Å². The lowest BCUT2D eigenvalue weighted by molar-refractivity contribution is -0.139. The van der Waals surface area contributed by atoms with Crippen LogP contribution in [0.4, 0.5) is 0 Å². The van der Waals surface area contributed by atoms with E-state index < -0.39 is 17.9 Å². The minimum Gasteiger partial charge on any atom is -0.480 e. The van der Waals surface area contributed by atoms with E-state index in [1.165, 1.54) is 12.1 Å². The third kappa shape index (κ3) is 4.23. The third-order valence-electron chi connectivity index (χ3n) is 3.09. The smallest absolute Gasteiger partial charge is 0.326 e. The van der Waals surface area contributed by atoms with Gasteiger partial charge in [-0.05, 0) is 35.9 Å². The van der Waals surface area contributed by atoms with Gasteiger partial charge in [-0.15, -0.1) is 0 Å². The molecule has 4 nitrogen and oxygen atoms in total. The third-order valence-corrected chi connectivity index (χ3v) is 3.71. The zero-order valence-electron chi connectivity index (χ0n) is 11.4. The van der Waals surface area contributed by atoms with Crippen molar-refractivity contribution in [3.05, 3.63) is 69.7 Å². The molecule has 2 N–H and O–H groups in total. The zero-order valence-corrected chi connectivity index (χ0v) is 12.9. The number of aliphatic carboxylic acids is 1. The van der Waals surface area contributed by atoms with Crippen molar-refractivity contribution < 1.29 is 14.7 Å². The summed E-state index contributed by atoms with van der Waals surface area (Å²) in [4.78, 5) is 23.5. The Hall–Kier alpha value is -2.04. The van der Waals surface area contributed by atoms with Gasteiger partial charge in [0, 0.05) is 22.0 Å². The summed E-state index contributed by atoms with van der Waals surface area (Å²) in [5, 5.41) is 12.7. The average Bonchev–Trinajstić information content (AvgIpc) is 2.49. The van der Waals surface area contributed by atoms with E-state index in [1.807, 2.05) is 0 Å². The van der Waals surface area contributed by atoms with Crippen molar-refractivity contribution in [2.24, 2.45) is 0 Å². The molecular weight excluding hydrogens is 325 g/mol. The minimum atomic E-state index is -1.12. The fourth-order valence-corrected chi connectivity index (χ4v) is 2.27. The van der Waals surface area contributed by atoms with Crippen molar-refractivity contribution in [3.63, 3.8) is 0 Å². The molecule has 0 saturated heterocycles. The molecule has 2 aromatic rings. The van der Waals surface area contributed by atoms with Gasteiger partial charge >= 0.3 is 5.97 Å². The predicted molar refractivity (Wildman–Crippen MR) is 85.5 cm³/mol. The first kappa shape index (κ1) is 16.3. The number of rotatable bonds is 5. The molecule has 0 bridgehead atoms. The van der Waals surface area contributed by atoms with Crippen molar-refractivity contribution in [2.75, 3.05) is 0 Å². The first-order valence-electron chi connectivity index (χ1n) is 6.50. The molecule has 0 aromatic heterocycles. The SMILES string of the molecule is O=C(N[C@H](Cc1ccccc1Cl)C(=O)O)c1ccc(Cl)cc1. The fourth-order valence-electron chi connectivity index (χ4n) is 1.93. The first-order chi connectivity index (χ1) is 10.5. The highest BCUT2D eigenvalue weighted by atomic mass is 35.5. The molecule has 2 rings (SSSR count). The van der Waals surface area contributed by atoms with E-state index >= 15 is 0 Å². The molecule has 0 fully saturated rings. The van der Waals surface area contributed by atoms with Crippen LogP contribution in [0, 0.1) is 0 Å². The lowest BCUT2D eigenvalue weighted by atomic mass is 10.1. The summed E-state index contributed by atoms with van der Waals surface area (Å²) < 4.78 is 0. The highest BCUT2D eigenvalue weighted by Crippen LogP contribution is 2.17. The molecule has 0 spiro atoms. The monoisotopic (exact) mass is 337 g/mol. The van der Waals surface area contributed by atoms with E-state index in [9.17, 15) is 14.7 Å². The molecule has 0 heterocycles. The van der Waals surface area contributed by atoms with Crippen molar-refractivity contribution in [1.29, 1.82) is 0 Å². The maximum absolute atomic E-state index is 12.1. The van der Waals surface area contributed by atoms with Crippen LogP contribution in [0.25, 0.3) is 0 Å². The molecule has 22 heavy (non-hydrogen) atoms. The summed E-state index contributed by atoms with van der Waals surface area (Å²) >= 11 is 11.8. The number of carbonyl (C=O) groups excluding carboxylic acids is 1. The van der Waals surface area contributed by atoms with E-state index in [-0.39, 0.29) is 6.42 Å². The highest BCUT2D eigenvalue weighted by molar-refractivity contribution is 6.31. The van der Waals surface area contributed by atoms with E-state index in [0.29, 0.717) is 21.2 Å². The quantitative estimate of drug-likeness (QED) is 0.878. The number of carboxylic acid groups (broad SMARTS) is 1. The van der Waals surface area contributed by atoms with E-state index in [1.54, 1.807) is 36.4 Å². The largest absolute Gasteiger partial charge is 0.480 e.